The second-order valence-corrected chi connectivity index (χ2v) is 3.93. The third-order valence-electron chi connectivity index (χ3n) is 1.78. The summed E-state index contributed by atoms with van der Waals surface area (Å²) >= 11 is 11.5. The number of carbonyl (C=O) groups is 2. The minimum atomic E-state index is -1.10. The summed E-state index contributed by atoms with van der Waals surface area (Å²) in [5.41, 5.74) is 0.699. The Balaban J connectivity index is 2.61. The van der Waals surface area contributed by atoms with Crippen LogP contribution in [0.5, 0.6) is 0 Å². The molecule has 90 valence electrons. The van der Waals surface area contributed by atoms with Crippen molar-refractivity contribution in [2.75, 3.05) is 6.54 Å². The molecule has 0 aromatic heterocycles. The molecule has 0 saturated heterocycles. The summed E-state index contributed by atoms with van der Waals surface area (Å²) in [6.45, 7) is -0.412. The maximum atomic E-state index is 11.2. The molecule has 0 spiro atoms. The predicted molar refractivity (Wildman–Crippen MR) is 66.1 cm³/mol. The van der Waals surface area contributed by atoms with Crippen molar-refractivity contribution in [1.29, 1.82) is 0 Å². The van der Waals surface area contributed by atoms with Crippen LogP contribution in [0, 0.1) is 0 Å². The Hall–Kier alpha value is -1.52. The first kappa shape index (κ1) is 13.5. The summed E-state index contributed by atoms with van der Waals surface area (Å²) in [6, 6.07) is 4.90. The first-order valence-electron chi connectivity index (χ1n) is 4.62. The first-order chi connectivity index (χ1) is 7.99. The lowest BCUT2D eigenvalue weighted by Gasteiger charge is -1.98. The number of aliphatic carboxylic acids is 1. The van der Waals surface area contributed by atoms with Crippen LogP contribution in [0.4, 0.5) is 0 Å². The Morgan fingerprint density at radius 1 is 1.29 bits per heavy atom. The standard InChI is InChI=1S/C11H9Cl2NO3/c12-8-3-1-7(5-9(8)13)2-4-10(15)14-6-11(16)17/h1-5H,6H2,(H,14,15)(H,16,17). The van der Waals surface area contributed by atoms with Gasteiger partial charge in [0.15, 0.2) is 0 Å². The second kappa shape index (κ2) is 6.27. The van der Waals surface area contributed by atoms with Gasteiger partial charge in [-0.25, -0.2) is 0 Å². The highest BCUT2D eigenvalue weighted by atomic mass is 35.5. The van der Waals surface area contributed by atoms with Crippen molar-refractivity contribution in [2.45, 2.75) is 0 Å². The molecule has 0 unspecified atom stereocenters. The van der Waals surface area contributed by atoms with Gasteiger partial charge in [0.05, 0.1) is 10.0 Å². The number of hydrogen-bond donors (Lipinski definition) is 2. The third-order valence-corrected chi connectivity index (χ3v) is 2.52. The average molecular weight is 274 g/mol. The normalized spacial score (nSPS) is 10.5. The van der Waals surface area contributed by atoms with Crippen LogP contribution in [0.15, 0.2) is 24.3 Å². The van der Waals surface area contributed by atoms with E-state index in [2.05, 4.69) is 5.32 Å². The molecule has 1 rings (SSSR count). The van der Waals surface area contributed by atoms with E-state index in [0.29, 0.717) is 15.6 Å². The number of rotatable bonds is 4. The largest absolute Gasteiger partial charge is 0.480 e. The molecule has 6 heteroatoms. The second-order valence-electron chi connectivity index (χ2n) is 3.12. The number of carboxylic acid groups (broad SMARTS) is 1. The minimum absolute atomic E-state index is 0.389. The molecular formula is C11H9Cl2NO3. The summed E-state index contributed by atoms with van der Waals surface area (Å²) in [5, 5.41) is 11.4. The SMILES string of the molecule is O=C(O)CNC(=O)C=Cc1ccc(Cl)c(Cl)c1. The molecule has 2 N–H and O–H groups in total. The first-order valence-corrected chi connectivity index (χ1v) is 5.37. The van der Waals surface area contributed by atoms with Crippen LogP contribution in [0.1, 0.15) is 5.56 Å². The number of hydrogen-bond acceptors (Lipinski definition) is 2. The molecule has 0 radical (unpaired) electrons. The molecule has 0 aliphatic rings. The molecule has 0 saturated carbocycles. The predicted octanol–water partition coefficient (Wildman–Crippen LogP) is 2.21. The molecule has 0 fully saturated rings. The fourth-order valence-corrected chi connectivity index (χ4v) is 1.32. The Bertz CT molecular complexity index is 472. The zero-order valence-corrected chi connectivity index (χ0v) is 10.1. The third kappa shape index (κ3) is 4.89. The zero-order chi connectivity index (χ0) is 12.8. The van der Waals surface area contributed by atoms with E-state index in [1.54, 1.807) is 18.2 Å². The van der Waals surface area contributed by atoms with E-state index in [1.807, 2.05) is 0 Å². The van der Waals surface area contributed by atoms with Gasteiger partial charge >= 0.3 is 5.97 Å². The van der Waals surface area contributed by atoms with Crippen LogP contribution in [-0.4, -0.2) is 23.5 Å². The van der Waals surface area contributed by atoms with E-state index in [4.69, 9.17) is 28.3 Å². The maximum absolute atomic E-state index is 11.2. The smallest absolute Gasteiger partial charge is 0.322 e. The van der Waals surface area contributed by atoms with Gasteiger partial charge in [0.25, 0.3) is 0 Å². The molecule has 1 aromatic carbocycles. The van der Waals surface area contributed by atoms with Crippen molar-refractivity contribution < 1.29 is 14.7 Å². The van der Waals surface area contributed by atoms with Crippen LogP contribution < -0.4 is 5.32 Å². The van der Waals surface area contributed by atoms with Crippen molar-refractivity contribution >= 4 is 41.2 Å². The average Bonchev–Trinajstić information content (AvgIpc) is 2.28. The molecule has 0 bridgehead atoms. The van der Waals surface area contributed by atoms with Crippen LogP contribution >= 0.6 is 23.2 Å². The highest BCUT2D eigenvalue weighted by molar-refractivity contribution is 6.42. The van der Waals surface area contributed by atoms with Gasteiger partial charge in [-0.2, -0.15) is 0 Å². The van der Waals surface area contributed by atoms with Crippen LogP contribution in [0.2, 0.25) is 10.0 Å². The summed E-state index contributed by atoms with van der Waals surface area (Å²) in [5.74, 6) is -1.58. The molecule has 0 aliphatic heterocycles. The quantitative estimate of drug-likeness (QED) is 0.827. The number of carboxylic acids is 1. The van der Waals surface area contributed by atoms with Crippen molar-refractivity contribution in [2.24, 2.45) is 0 Å². The van der Waals surface area contributed by atoms with E-state index in [0.717, 1.165) is 0 Å². The molecule has 4 nitrogen and oxygen atoms in total. The molecule has 1 aromatic rings. The molecule has 0 atom stereocenters. The molecular weight excluding hydrogens is 265 g/mol. The maximum Gasteiger partial charge on any atom is 0.322 e. The highest BCUT2D eigenvalue weighted by Crippen LogP contribution is 2.22. The van der Waals surface area contributed by atoms with Gasteiger partial charge in [0, 0.05) is 6.08 Å². The van der Waals surface area contributed by atoms with Gasteiger partial charge < -0.3 is 10.4 Å². The monoisotopic (exact) mass is 273 g/mol. The van der Waals surface area contributed by atoms with Gasteiger partial charge in [0.2, 0.25) is 5.91 Å². The minimum Gasteiger partial charge on any atom is -0.480 e. The fourth-order valence-electron chi connectivity index (χ4n) is 1.01. The number of amides is 1. The van der Waals surface area contributed by atoms with Crippen LogP contribution in [-0.2, 0) is 9.59 Å². The number of benzene rings is 1. The summed E-state index contributed by atoms with van der Waals surface area (Å²) in [6.07, 6.45) is 2.74. The van der Waals surface area contributed by atoms with E-state index in [9.17, 15) is 9.59 Å². The fraction of sp³-hybridized carbons (Fsp3) is 0.0909. The van der Waals surface area contributed by atoms with Crippen molar-refractivity contribution in [3.63, 3.8) is 0 Å². The van der Waals surface area contributed by atoms with E-state index in [-0.39, 0.29) is 0 Å². The number of halogens is 2. The van der Waals surface area contributed by atoms with Crippen LogP contribution in [0.25, 0.3) is 6.08 Å². The van der Waals surface area contributed by atoms with Gasteiger partial charge in [0.1, 0.15) is 6.54 Å². The Labute approximate surface area is 108 Å². The van der Waals surface area contributed by atoms with Gasteiger partial charge in [-0.1, -0.05) is 29.3 Å². The van der Waals surface area contributed by atoms with Gasteiger partial charge in [-0.15, -0.1) is 0 Å². The summed E-state index contributed by atoms with van der Waals surface area (Å²) in [7, 11) is 0. The Morgan fingerprint density at radius 2 is 2.00 bits per heavy atom. The Kier molecular flexibility index (Phi) is 5.00. The lowest BCUT2D eigenvalue weighted by Crippen LogP contribution is -2.27. The Morgan fingerprint density at radius 3 is 2.59 bits per heavy atom. The van der Waals surface area contributed by atoms with E-state index < -0.39 is 18.4 Å². The lowest BCUT2D eigenvalue weighted by molar-refractivity contribution is -0.137. The number of nitrogens with one attached hydrogen (secondary N) is 1. The highest BCUT2D eigenvalue weighted by Gasteiger charge is 2.00. The molecule has 17 heavy (non-hydrogen) atoms. The van der Waals surface area contributed by atoms with Gasteiger partial charge in [-0.05, 0) is 23.8 Å². The van der Waals surface area contributed by atoms with Crippen molar-refractivity contribution in [3.05, 3.63) is 39.9 Å². The van der Waals surface area contributed by atoms with Crippen molar-refractivity contribution in [3.8, 4) is 0 Å². The van der Waals surface area contributed by atoms with Crippen molar-refractivity contribution in [1.82, 2.24) is 5.32 Å². The molecule has 0 heterocycles. The summed E-state index contributed by atoms with van der Waals surface area (Å²) < 4.78 is 0. The molecule has 1 amide bonds. The van der Waals surface area contributed by atoms with E-state index in [1.165, 1.54) is 12.2 Å². The van der Waals surface area contributed by atoms with Crippen LogP contribution in [0.3, 0.4) is 0 Å². The zero-order valence-electron chi connectivity index (χ0n) is 8.61. The molecule has 0 aliphatic carbocycles. The van der Waals surface area contributed by atoms with E-state index >= 15 is 0 Å². The number of carbonyl (C=O) groups excluding carboxylic acids is 1. The lowest BCUT2D eigenvalue weighted by atomic mass is 10.2. The van der Waals surface area contributed by atoms with Gasteiger partial charge in [-0.3, -0.25) is 9.59 Å². The topological polar surface area (TPSA) is 66.4 Å². The summed E-state index contributed by atoms with van der Waals surface area (Å²) in [4.78, 5) is 21.3.